The van der Waals surface area contributed by atoms with Crippen LogP contribution in [0.3, 0.4) is 0 Å². The molecule has 1 aromatic rings. The van der Waals surface area contributed by atoms with Crippen molar-refractivity contribution in [1.82, 2.24) is 19.7 Å². The molecule has 138 valence electrons. The minimum Gasteiger partial charge on any atom is -0.357 e. The van der Waals surface area contributed by atoms with E-state index in [1.54, 1.807) is 0 Å². The lowest BCUT2D eigenvalue weighted by Gasteiger charge is -2.23. The summed E-state index contributed by atoms with van der Waals surface area (Å²) in [6, 6.07) is 4.14. The highest BCUT2D eigenvalue weighted by Gasteiger charge is 2.11. The average Bonchev–Trinajstić information content (AvgIpc) is 2.92. The number of hydrogen-bond acceptors (Lipinski definition) is 2. The van der Waals surface area contributed by atoms with Crippen LogP contribution in [-0.2, 0) is 18.4 Å². The normalized spacial score (nSPS) is 11.0. The largest absolute Gasteiger partial charge is 0.357 e. The molecule has 0 unspecified atom stereocenters. The zero-order chi connectivity index (χ0) is 17.2. The molecule has 7 heteroatoms. The molecule has 0 aliphatic rings. The van der Waals surface area contributed by atoms with Gasteiger partial charge in [0.15, 0.2) is 5.96 Å². The van der Waals surface area contributed by atoms with Crippen molar-refractivity contribution in [3.05, 3.63) is 24.0 Å². The van der Waals surface area contributed by atoms with Gasteiger partial charge in [-0.25, -0.2) is 0 Å². The van der Waals surface area contributed by atoms with E-state index in [1.165, 1.54) is 5.69 Å². The SMILES string of the molecule is CCNC(=NCCC(=O)N(CC)CC)N(C)Cc1cccn1C.I. The number of aryl methyl sites for hydroxylation is 1. The van der Waals surface area contributed by atoms with Crippen LogP contribution in [0.2, 0.25) is 0 Å². The summed E-state index contributed by atoms with van der Waals surface area (Å²) in [6.45, 7) is 9.66. The Bertz CT molecular complexity index is 511. The Morgan fingerprint density at radius 3 is 2.46 bits per heavy atom. The average molecular weight is 449 g/mol. The van der Waals surface area contributed by atoms with Gasteiger partial charge < -0.3 is 19.7 Å². The molecule has 0 aliphatic carbocycles. The van der Waals surface area contributed by atoms with Crippen LogP contribution in [-0.4, -0.2) is 59.5 Å². The molecule has 0 saturated carbocycles. The van der Waals surface area contributed by atoms with Crippen molar-refractivity contribution < 1.29 is 4.79 Å². The lowest BCUT2D eigenvalue weighted by Crippen LogP contribution is -2.39. The maximum atomic E-state index is 12.0. The molecule has 0 spiro atoms. The number of carbonyl (C=O) groups is 1. The predicted molar refractivity (Wildman–Crippen MR) is 111 cm³/mol. The molecule has 0 aromatic carbocycles. The molecule has 0 saturated heterocycles. The van der Waals surface area contributed by atoms with Gasteiger partial charge in [-0.1, -0.05) is 0 Å². The van der Waals surface area contributed by atoms with Crippen molar-refractivity contribution in [3.63, 3.8) is 0 Å². The molecule has 0 atom stereocenters. The number of aliphatic imine (C=N–C) groups is 1. The highest BCUT2D eigenvalue weighted by molar-refractivity contribution is 14.0. The molecule has 0 fully saturated rings. The third-order valence-corrected chi connectivity index (χ3v) is 3.85. The first-order valence-electron chi connectivity index (χ1n) is 8.40. The molecule has 1 rings (SSSR count). The minimum absolute atomic E-state index is 0. The van der Waals surface area contributed by atoms with E-state index < -0.39 is 0 Å². The van der Waals surface area contributed by atoms with Crippen LogP contribution in [0, 0.1) is 0 Å². The first kappa shape index (κ1) is 22.8. The summed E-state index contributed by atoms with van der Waals surface area (Å²) in [5.74, 6) is 1.00. The Morgan fingerprint density at radius 1 is 1.29 bits per heavy atom. The molecule has 0 radical (unpaired) electrons. The number of aromatic nitrogens is 1. The van der Waals surface area contributed by atoms with E-state index in [1.807, 2.05) is 52.0 Å². The highest BCUT2D eigenvalue weighted by atomic mass is 127. The lowest BCUT2D eigenvalue weighted by molar-refractivity contribution is -0.130. The van der Waals surface area contributed by atoms with Gasteiger partial charge in [0, 0.05) is 52.0 Å². The summed E-state index contributed by atoms with van der Waals surface area (Å²) in [6.07, 6.45) is 2.49. The number of hydrogen-bond donors (Lipinski definition) is 1. The Hall–Kier alpha value is -1.25. The molecule has 0 bridgehead atoms. The maximum absolute atomic E-state index is 12.0. The van der Waals surface area contributed by atoms with Gasteiger partial charge in [-0.3, -0.25) is 9.79 Å². The zero-order valence-corrected chi connectivity index (χ0v) is 17.9. The van der Waals surface area contributed by atoms with E-state index in [4.69, 9.17) is 0 Å². The topological polar surface area (TPSA) is 52.9 Å². The molecule has 1 amide bonds. The first-order valence-corrected chi connectivity index (χ1v) is 8.40. The highest BCUT2D eigenvalue weighted by Crippen LogP contribution is 2.04. The molecule has 0 aliphatic heterocycles. The molecule has 1 heterocycles. The van der Waals surface area contributed by atoms with Gasteiger partial charge in [-0.05, 0) is 32.9 Å². The second-order valence-corrected chi connectivity index (χ2v) is 5.52. The van der Waals surface area contributed by atoms with Crippen molar-refractivity contribution in [3.8, 4) is 0 Å². The zero-order valence-electron chi connectivity index (χ0n) is 15.6. The van der Waals surface area contributed by atoms with Gasteiger partial charge in [0.1, 0.15) is 0 Å². The van der Waals surface area contributed by atoms with Crippen molar-refractivity contribution >= 4 is 35.8 Å². The summed E-state index contributed by atoms with van der Waals surface area (Å²) in [4.78, 5) is 20.6. The third-order valence-electron chi connectivity index (χ3n) is 3.85. The van der Waals surface area contributed by atoms with Crippen LogP contribution in [0.1, 0.15) is 32.9 Å². The van der Waals surface area contributed by atoms with Gasteiger partial charge in [0.2, 0.25) is 5.91 Å². The van der Waals surface area contributed by atoms with Gasteiger partial charge in [0.05, 0.1) is 13.1 Å². The van der Waals surface area contributed by atoms with Crippen LogP contribution in [0.5, 0.6) is 0 Å². The van der Waals surface area contributed by atoms with E-state index >= 15 is 0 Å². The maximum Gasteiger partial charge on any atom is 0.224 e. The molecular formula is C17H32IN5O. The predicted octanol–water partition coefficient (Wildman–Crippen LogP) is 2.30. The van der Waals surface area contributed by atoms with E-state index in [0.29, 0.717) is 13.0 Å². The summed E-state index contributed by atoms with van der Waals surface area (Å²) in [5.41, 5.74) is 1.22. The molecule has 24 heavy (non-hydrogen) atoms. The Kier molecular flexibility index (Phi) is 11.5. The second kappa shape index (κ2) is 12.2. The van der Waals surface area contributed by atoms with Crippen LogP contribution in [0.25, 0.3) is 0 Å². The Balaban J connectivity index is 0.00000529. The van der Waals surface area contributed by atoms with Gasteiger partial charge in [-0.15, -0.1) is 24.0 Å². The summed E-state index contributed by atoms with van der Waals surface area (Å²) in [7, 11) is 4.05. The van der Waals surface area contributed by atoms with Crippen molar-refractivity contribution in [1.29, 1.82) is 0 Å². The van der Waals surface area contributed by atoms with Gasteiger partial charge in [0.25, 0.3) is 0 Å². The third kappa shape index (κ3) is 7.11. The lowest BCUT2D eigenvalue weighted by atomic mass is 10.3. The summed E-state index contributed by atoms with van der Waals surface area (Å²) in [5, 5.41) is 3.29. The molecule has 1 aromatic heterocycles. The standard InChI is InChI=1S/C17H31N5O.HI/c1-6-18-17(19-12-11-16(23)22(7-2)8-3)21(5)14-15-10-9-13-20(15)4;/h9-10,13H,6-8,11-12,14H2,1-5H3,(H,18,19);1H. The number of amides is 1. The number of carbonyl (C=O) groups excluding carboxylic acids is 1. The monoisotopic (exact) mass is 449 g/mol. The second-order valence-electron chi connectivity index (χ2n) is 5.52. The van der Waals surface area contributed by atoms with E-state index in [2.05, 4.69) is 25.8 Å². The van der Waals surface area contributed by atoms with E-state index in [-0.39, 0.29) is 29.9 Å². The van der Waals surface area contributed by atoms with Crippen molar-refractivity contribution in [2.75, 3.05) is 33.2 Å². The quantitative estimate of drug-likeness (QED) is 0.377. The fraction of sp³-hybridized carbons (Fsp3) is 0.647. The fourth-order valence-electron chi connectivity index (χ4n) is 2.44. The molecule has 6 nitrogen and oxygen atoms in total. The Labute approximate surface area is 163 Å². The fourth-order valence-corrected chi connectivity index (χ4v) is 2.44. The molecule has 1 N–H and O–H groups in total. The number of rotatable bonds is 8. The summed E-state index contributed by atoms with van der Waals surface area (Å²) < 4.78 is 2.10. The van der Waals surface area contributed by atoms with Crippen LogP contribution >= 0.6 is 24.0 Å². The van der Waals surface area contributed by atoms with Crippen molar-refractivity contribution in [2.45, 2.75) is 33.7 Å². The van der Waals surface area contributed by atoms with E-state index in [9.17, 15) is 4.79 Å². The van der Waals surface area contributed by atoms with E-state index in [0.717, 1.165) is 32.1 Å². The smallest absolute Gasteiger partial charge is 0.224 e. The van der Waals surface area contributed by atoms with Crippen LogP contribution in [0.15, 0.2) is 23.3 Å². The van der Waals surface area contributed by atoms with Gasteiger partial charge in [-0.2, -0.15) is 0 Å². The van der Waals surface area contributed by atoms with Crippen LogP contribution in [0.4, 0.5) is 0 Å². The number of nitrogens with zero attached hydrogens (tertiary/aromatic N) is 4. The van der Waals surface area contributed by atoms with Gasteiger partial charge >= 0.3 is 0 Å². The Morgan fingerprint density at radius 2 is 1.96 bits per heavy atom. The summed E-state index contributed by atoms with van der Waals surface area (Å²) >= 11 is 0. The number of guanidine groups is 1. The number of nitrogens with one attached hydrogen (secondary N) is 1. The minimum atomic E-state index is 0. The van der Waals surface area contributed by atoms with Crippen LogP contribution < -0.4 is 5.32 Å². The number of halogens is 1. The molecular weight excluding hydrogens is 417 g/mol. The first-order chi connectivity index (χ1) is 11.0. The van der Waals surface area contributed by atoms with Crippen molar-refractivity contribution in [2.24, 2.45) is 12.0 Å².